The van der Waals surface area contributed by atoms with Gasteiger partial charge in [-0.25, -0.2) is 0 Å². The fourth-order valence-electron chi connectivity index (χ4n) is 10.8. The van der Waals surface area contributed by atoms with E-state index in [-0.39, 0.29) is 43.7 Å². The molecule has 0 bridgehead atoms. The third kappa shape index (κ3) is 15.5. The van der Waals surface area contributed by atoms with Gasteiger partial charge in [-0.2, -0.15) is 0 Å². The Bertz CT molecular complexity index is 1700. The number of nitrogens with zero attached hydrogens (tertiary/aromatic N) is 2. The second kappa shape index (κ2) is 27.1. The summed E-state index contributed by atoms with van der Waals surface area (Å²) < 4.78 is 57.1. The summed E-state index contributed by atoms with van der Waals surface area (Å²) in [6, 6.07) is -0.897. The van der Waals surface area contributed by atoms with Crippen LogP contribution in [0.25, 0.3) is 0 Å². The first kappa shape index (κ1) is 58.5. The van der Waals surface area contributed by atoms with Gasteiger partial charge in [-0.3, -0.25) is 9.59 Å². The number of cyclic esters (lactones) is 1. The second-order valence-corrected chi connectivity index (χ2v) is 20.0. The van der Waals surface area contributed by atoms with Gasteiger partial charge >= 0.3 is 11.9 Å². The number of esters is 2. The molecule has 3 N–H and O–H groups in total. The molecule has 4 aliphatic heterocycles. The second-order valence-electron chi connectivity index (χ2n) is 20.0. The van der Waals surface area contributed by atoms with Crippen molar-refractivity contribution in [1.29, 1.82) is 0 Å². The number of carbonyl (C=O) groups excluding carboxylic acids is 5. The molecule has 69 heavy (non-hydrogen) atoms. The van der Waals surface area contributed by atoms with E-state index in [1.54, 1.807) is 58.8 Å². The third-order valence-corrected chi connectivity index (χ3v) is 14.3. The summed E-state index contributed by atoms with van der Waals surface area (Å²) in [5, 5.41) is 33.9. The first-order chi connectivity index (χ1) is 32.6. The Morgan fingerprint density at radius 3 is 2.04 bits per heavy atom. The number of hydrogen-bond donors (Lipinski definition) is 3. The molecule has 4 aliphatic rings. The fraction of sp³-hybridized carbons (Fsp3) is 0.820. The van der Waals surface area contributed by atoms with Crippen LogP contribution in [0.5, 0.6) is 0 Å². The zero-order valence-electron chi connectivity index (χ0n) is 42.7. The smallest absolute Gasteiger partial charge is 0.309 e. The average molecular weight is 983 g/mol. The summed E-state index contributed by atoms with van der Waals surface area (Å²) in [7, 11) is 8.70. The average Bonchev–Trinajstić information content (AvgIpc) is 3.26. The van der Waals surface area contributed by atoms with Crippen molar-refractivity contribution < 1.29 is 81.9 Å². The number of methoxy groups -OCH3 is 1. The predicted octanol–water partition coefficient (Wildman–Crippen LogP) is 2.92. The SMILES string of the molecule is CCC(=O)O[C@H]1CC(=O)O[C@H](C)C/C=C/C=C/[C@H](O[C@H]2CC(CC=O)[C@H](N(C)C)[C@@H](C)O2)[C@H](C)C(CC=O)[C@H](CC=O)[C@H](O[C@@H]2O[C@H](C)[C@@H](O[C@H]3C[C@@](C)(O)[C@@H](O)[C@H](C)O3)[C@H](N(C)C)[C@H]2O)[C@H]1OC. The molecule has 0 saturated carbocycles. The van der Waals surface area contributed by atoms with Crippen LogP contribution in [0.2, 0.25) is 0 Å². The first-order valence-corrected chi connectivity index (χ1v) is 24.5. The van der Waals surface area contributed by atoms with Gasteiger partial charge in [-0.1, -0.05) is 38.2 Å². The van der Waals surface area contributed by atoms with Crippen LogP contribution in [0.1, 0.15) is 99.8 Å². The lowest BCUT2D eigenvalue weighted by Gasteiger charge is -2.50. The van der Waals surface area contributed by atoms with Crippen molar-refractivity contribution in [2.75, 3.05) is 35.3 Å². The van der Waals surface area contributed by atoms with Crippen LogP contribution in [-0.2, 0) is 66.6 Å². The molecule has 0 radical (unpaired) electrons. The number of likely N-dealkylation sites (N-methyl/N-ethyl adjacent to an activating group) is 2. The normalized spacial score (nSPS) is 42.8. The summed E-state index contributed by atoms with van der Waals surface area (Å²) >= 11 is 0. The zero-order chi connectivity index (χ0) is 51.3. The van der Waals surface area contributed by atoms with Crippen LogP contribution >= 0.6 is 0 Å². The summed E-state index contributed by atoms with van der Waals surface area (Å²) in [6.07, 6.45) is -4.29. The van der Waals surface area contributed by atoms with Crippen LogP contribution < -0.4 is 0 Å². The molecule has 19 nitrogen and oxygen atoms in total. The van der Waals surface area contributed by atoms with Crippen molar-refractivity contribution in [3.05, 3.63) is 24.3 Å². The van der Waals surface area contributed by atoms with E-state index >= 15 is 0 Å². The quantitative estimate of drug-likeness (QED) is 0.140. The van der Waals surface area contributed by atoms with Crippen LogP contribution in [0.3, 0.4) is 0 Å². The van der Waals surface area contributed by atoms with E-state index < -0.39 is 128 Å². The van der Waals surface area contributed by atoms with E-state index in [9.17, 15) is 39.3 Å². The molecule has 21 atom stereocenters. The van der Waals surface area contributed by atoms with Gasteiger partial charge in [0, 0.05) is 58.1 Å². The van der Waals surface area contributed by atoms with Crippen molar-refractivity contribution in [1.82, 2.24) is 9.80 Å². The molecule has 3 saturated heterocycles. The Morgan fingerprint density at radius 2 is 1.45 bits per heavy atom. The highest BCUT2D eigenvalue weighted by atomic mass is 16.7. The number of carbonyl (C=O) groups is 5. The highest BCUT2D eigenvalue weighted by Gasteiger charge is 2.53. The van der Waals surface area contributed by atoms with Gasteiger partial charge in [0.05, 0.1) is 48.6 Å². The molecule has 4 rings (SSSR count). The molecule has 0 aromatic rings. The first-order valence-electron chi connectivity index (χ1n) is 24.5. The molecule has 3 fully saturated rings. The molecule has 19 heteroatoms. The number of rotatable bonds is 17. The molecule has 394 valence electrons. The molecular formula is C50H82N2O17. The van der Waals surface area contributed by atoms with Gasteiger partial charge < -0.3 is 82.1 Å². The van der Waals surface area contributed by atoms with Crippen molar-refractivity contribution in [3.63, 3.8) is 0 Å². The zero-order valence-corrected chi connectivity index (χ0v) is 42.7. The molecule has 0 aliphatic carbocycles. The Hall–Kier alpha value is -3.05. The number of aliphatic hydroxyl groups is 3. The molecule has 2 unspecified atom stereocenters. The monoisotopic (exact) mass is 983 g/mol. The number of aliphatic hydroxyl groups excluding tert-OH is 2. The Kier molecular flexibility index (Phi) is 23.0. The molecule has 0 aromatic heterocycles. The maximum absolute atomic E-state index is 13.7. The summed E-state index contributed by atoms with van der Waals surface area (Å²) in [5.41, 5.74) is -1.53. The lowest BCUT2D eigenvalue weighted by molar-refractivity contribution is -0.345. The van der Waals surface area contributed by atoms with Crippen LogP contribution in [0.4, 0.5) is 0 Å². The van der Waals surface area contributed by atoms with Crippen molar-refractivity contribution >= 4 is 30.8 Å². The van der Waals surface area contributed by atoms with E-state index in [0.29, 0.717) is 25.5 Å². The Labute approximate surface area is 408 Å². The van der Waals surface area contributed by atoms with E-state index in [4.69, 9.17) is 42.6 Å². The van der Waals surface area contributed by atoms with Gasteiger partial charge in [0.25, 0.3) is 0 Å². The minimum absolute atomic E-state index is 0.0545. The van der Waals surface area contributed by atoms with Crippen molar-refractivity contribution in [2.45, 2.75) is 204 Å². The molecule has 4 heterocycles. The fourth-order valence-corrected chi connectivity index (χ4v) is 10.8. The molecule has 0 spiro atoms. The minimum Gasteiger partial charge on any atom is -0.462 e. The Morgan fingerprint density at radius 1 is 0.812 bits per heavy atom. The summed E-state index contributed by atoms with van der Waals surface area (Å²) in [6.45, 7) is 12.0. The lowest BCUT2D eigenvalue weighted by atomic mass is 9.72. The van der Waals surface area contributed by atoms with Gasteiger partial charge in [0.1, 0.15) is 55.5 Å². The molecular weight excluding hydrogens is 901 g/mol. The predicted molar refractivity (Wildman–Crippen MR) is 250 cm³/mol. The van der Waals surface area contributed by atoms with Crippen LogP contribution in [0.15, 0.2) is 24.3 Å². The summed E-state index contributed by atoms with van der Waals surface area (Å²) in [5.74, 6) is -3.71. The van der Waals surface area contributed by atoms with E-state index in [2.05, 4.69) is 0 Å². The minimum atomic E-state index is -1.53. The lowest BCUT2D eigenvalue weighted by Crippen LogP contribution is -2.66. The van der Waals surface area contributed by atoms with Gasteiger partial charge in [0.2, 0.25) is 0 Å². The van der Waals surface area contributed by atoms with Gasteiger partial charge in [-0.15, -0.1) is 0 Å². The largest absolute Gasteiger partial charge is 0.462 e. The van der Waals surface area contributed by atoms with Gasteiger partial charge in [0.15, 0.2) is 18.9 Å². The van der Waals surface area contributed by atoms with Crippen molar-refractivity contribution in [3.8, 4) is 0 Å². The van der Waals surface area contributed by atoms with Gasteiger partial charge in [-0.05, 0) is 86.5 Å². The number of hydrogen-bond acceptors (Lipinski definition) is 19. The van der Waals surface area contributed by atoms with E-state index in [0.717, 1.165) is 12.6 Å². The third-order valence-electron chi connectivity index (χ3n) is 14.3. The molecule has 0 amide bonds. The highest BCUT2D eigenvalue weighted by Crippen LogP contribution is 2.41. The molecule has 0 aromatic carbocycles. The standard InChI is InChI=1S/C50H82N2O17/c1-13-38(56)66-37-26-39(57)62-28(2)17-15-14-16-18-36(67-40-25-33(19-22-53)42(51(8)9)30(4)63-40)29(3)34(20-23-54)35(21-24-55)46(47(37)61-12)69-49-44(58)43(52(10)11)45(31(5)65-49)68-41-27-50(7,60)48(59)32(6)64-41/h14-16,18,22-24,28-37,40-49,58-60H,13,17,19-21,25-27H2,1-12H3/b15-14+,18-16+/t28-,29-,30-,31-,32+,33?,34?,35+,36+,37+,40+,41+,42-,43-,44-,45-,46+,47+,48+,49+,50-/m1/s1. The number of allylic oxidation sites excluding steroid dienone is 2. The summed E-state index contributed by atoms with van der Waals surface area (Å²) in [4.78, 5) is 68.5. The maximum Gasteiger partial charge on any atom is 0.309 e. The van der Waals surface area contributed by atoms with E-state index in [1.165, 1.54) is 14.0 Å². The van der Waals surface area contributed by atoms with Crippen molar-refractivity contribution in [2.24, 2.45) is 23.7 Å². The maximum atomic E-state index is 13.7. The van der Waals surface area contributed by atoms with Crippen LogP contribution in [0, 0.1) is 23.7 Å². The topological polar surface area (TPSA) is 236 Å². The number of ether oxygens (including phenoxy) is 9. The highest BCUT2D eigenvalue weighted by molar-refractivity contribution is 5.72. The van der Waals surface area contributed by atoms with E-state index in [1.807, 2.05) is 45.0 Å². The Balaban J connectivity index is 1.86. The number of aldehydes is 3. The van der Waals surface area contributed by atoms with Crippen LogP contribution in [-0.4, -0.2) is 195 Å².